The maximum absolute atomic E-state index is 8.68. The van der Waals surface area contributed by atoms with Crippen LogP contribution in [-0.2, 0) is 27.2 Å². The second kappa shape index (κ2) is 25.8. The Morgan fingerprint density at radius 1 is 1.60 bits per heavy atom. The predicted molar refractivity (Wildman–Crippen MR) is 17.8 cm³/mol. The summed E-state index contributed by atoms with van der Waals surface area (Å²) in [6.45, 7) is 1.32. The van der Waals surface area contributed by atoms with E-state index in [1.165, 1.54) is 13.2 Å². The molecule has 0 N–H and O–H groups in total. The van der Waals surface area contributed by atoms with Crippen LogP contribution in [0.3, 0.4) is 0 Å². The van der Waals surface area contributed by atoms with Gasteiger partial charge in [0.05, 0.1) is 0 Å². The van der Waals surface area contributed by atoms with Gasteiger partial charge in [0.1, 0.15) is 0 Å². The minimum Gasteiger partial charge on any atom is -0.542 e. The molecule has 0 aliphatic carbocycles. The van der Waals surface area contributed by atoms with Gasteiger partial charge in [0.2, 0.25) is 0 Å². The van der Waals surface area contributed by atoms with E-state index < -0.39 is 0 Å². The van der Waals surface area contributed by atoms with E-state index >= 15 is 0 Å². The Hall–Kier alpha value is 0.410. The molecule has 0 saturated carbocycles. The molecule has 0 rings (SSSR count). The van der Waals surface area contributed by atoms with Crippen molar-refractivity contribution in [3.05, 3.63) is 7.43 Å². The zero-order valence-corrected chi connectivity index (χ0v) is 5.38. The van der Waals surface area contributed by atoms with E-state index in [-0.39, 0.29) is 29.8 Å². The molecule has 0 aromatic heterocycles. The first kappa shape index (κ1) is 18.1. The molecule has 5 heavy (non-hydrogen) atoms. The van der Waals surface area contributed by atoms with Crippen molar-refractivity contribution in [2.45, 2.75) is 6.92 Å². The number of rotatable bonds is 0. The Bertz CT molecular complexity index is 14.4. The van der Waals surface area contributed by atoms with Crippen LogP contribution >= 0.6 is 0 Å². The smallest absolute Gasteiger partial charge is 0 e. The molecule has 0 aliphatic heterocycles. The Kier molecular flexibility index (Phi) is 93.4. The molecular weight excluding hydrogens is 249 g/mol. The molecule has 0 amide bonds. The summed E-state index contributed by atoms with van der Waals surface area (Å²) >= 11 is 0. The van der Waals surface area contributed by atoms with E-state index in [0.29, 0.717) is 0 Å². The molecule has 0 heterocycles. The minimum absolute atomic E-state index is 0. The van der Waals surface area contributed by atoms with E-state index in [9.17, 15) is 0 Å². The molecule has 0 bridgehead atoms. The van der Waals surface area contributed by atoms with Crippen molar-refractivity contribution in [1.82, 2.24) is 0 Å². The zero-order valence-electron chi connectivity index (χ0n) is 3.21. The monoisotopic (exact) mass is 255 g/mol. The van der Waals surface area contributed by atoms with Crippen molar-refractivity contribution in [3.8, 4) is 0 Å². The van der Waals surface area contributed by atoms with Gasteiger partial charge in [-0.3, -0.25) is 6.29 Å². The molecule has 0 aromatic rings. The van der Waals surface area contributed by atoms with Gasteiger partial charge in [0.15, 0.2) is 0 Å². The molecule has 0 unspecified atom stereocenters. The van der Waals surface area contributed by atoms with Crippen molar-refractivity contribution in [2.75, 3.05) is 0 Å². The normalized spacial score (nSPS) is 2.60. The first-order valence-electron chi connectivity index (χ1n) is 0.704. The third-order valence-corrected chi connectivity index (χ3v) is 0. The largest absolute Gasteiger partial charge is 0.542 e. The van der Waals surface area contributed by atoms with Gasteiger partial charge in [0.25, 0.3) is 0 Å². The average molecular weight is 255 g/mol. The van der Waals surface area contributed by atoms with E-state index in [1.54, 1.807) is 0 Å². The summed E-state index contributed by atoms with van der Waals surface area (Å²) in [6, 6.07) is 0. The van der Waals surface area contributed by atoms with Crippen molar-refractivity contribution >= 4 is 6.29 Å². The quantitative estimate of drug-likeness (QED) is 0.456. The second-order valence-corrected chi connectivity index (χ2v) is 0.204. The van der Waals surface area contributed by atoms with Crippen molar-refractivity contribution < 1.29 is 27.2 Å². The van der Waals surface area contributed by atoms with Gasteiger partial charge in [-0.15, -0.1) is 0 Å². The molecule has 2 heteroatoms. The fourth-order valence-electron chi connectivity index (χ4n) is 0. The molecule has 1 radical (unpaired) electrons. The predicted octanol–water partition coefficient (Wildman–Crippen LogP) is 0.564. The molecule has 0 aliphatic rings. The maximum atomic E-state index is 8.68. The molecular formula is C3H6AuO-2. The fraction of sp³-hybridized carbons (Fsp3) is 0.333. The van der Waals surface area contributed by atoms with Crippen LogP contribution in [0.4, 0.5) is 0 Å². The minimum atomic E-state index is 0. The summed E-state index contributed by atoms with van der Waals surface area (Å²) in [6.07, 6.45) is 1.50. The molecule has 37 valence electrons. The SMILES string of the molecule is C[C-]=O.[Au].[CH3-]. The Balaban J connectivity index is -0.0000000200. The third kappa shape index (κ3) is 152. The van der Waals surface area contributed by atoms with Gasteiger partial charge in [-0.05, 0) is 0 Å². The van der Waals surface area contributed by atoms with Crippen LogP contribution in [0.1, 0.15) is 6.92 Å². The van der Waals surface area contributed by atoms with Gasteiger partial charge < -0.3 is 12.2 Å². The molecule has 0 aromatic carbocycles. The standard InChI is InChI=1S/C2H3O.CH3.Au/c1-2-3;;/h1H3;1H3;/q2*-1;. The van der Waals surface area contributed by atoms with Crippen LogP contribution < -0.4 is 0 Å². The summed E-state index contributed by atoms with van der Waals surface area (Å²) < 4.78 is 0. The van der Waals surface area contributed by atoms with E-state index in [2.05, 4.69) is 0 Å². The number of carbonyl (C=O) groups excluding carboxylic acids is 1. The summed E-state index contributed by atoms with van der Waals surface area (Å²) in [7, 11) is 0. The topological polar surface area (TPSA) is 17.1 Å². The van der Waals surface area contributed by atoms with Crippen LogP contribution in [-0.4, -0.2) is 6.29 Å². The van der Waals surface area contributed by atoms with Crippen LogP contribution in [0.25, 0.3) is 0 Å². The first-order chi connectivity index (χ1) is 1.41. The van der Waals surface area contributed by atoms with E-state index in [0.717, 1.165) is 0 Å². The van der Waals surface area contributed by atoms with E-state index in [1.807, 2.05) is 0 Å². The van der Waals surface area contributed by atoms with Crippen LogP contribution in [0.2, 0.25) is 0 Å². The fourth-order valence-corrected chi connectivity index (χ4v) is 0. The third-order valence-electron chi connectivity index (χ3n) is 0. The summed E-state index contributed by atoms with van der Waals surface area (Å²) in [5.74, 6) is 0. The average Bonchev–Trinajstić information content (AvgIpc) is 0.918. The Morgan fingerprint density at radius 2 is 1.60 bits per heavy atom. The molecule has 0 fully saturated rings. The Morgan fingerprint density at radius 3 is 1.60 bits per heavy atom. The number of hydrogen-bond acceptors (Lipinski definition) is 1. The molecule has 0 saturated heterocycles. The summed E-state index contributed by atoms with van der Waals surface area (Å²) in [5.41, 5.74) is 0. The van der Waals surface area contributed by atoms with Gasteiger partial charge >= 0.3 is 0 Å². The molecule has 0 spiro atoms. The van der Waals surface area contributed by atoms with Gasteiger partial charge in [-0.2, -0.15) is 6.92 Å². The van der Waals surface area contributed by atoms with Gasteiger partial charge in [-0.25, -0.2) is 0 Å². The van der Waals surface area contributed by atoms with Crippen LogP contribution in [0.5, 0.6) is 0 Å². The van der Waals surface area contributed by atoms with Gasteiger partial charge in [-0.1, -0.05) is 0 Å². The zero-order chi connectivity index (χ0) is 2.71. The molecule has 0 atom stereocenters. The van der Waals surface area contributed by atoms with Crippen molar-refractivity contribution in [2.24, 2.45) is 0 Å². The Labute approximate surface area is 48.3 Å². The van der Waals surface area contributed by atoms with E-state index in [4.69, 9.17) is 4.79 Å². The van der Waals surface area contributed by atoms with Crippen molar-refractivity contribution in [1.29, 1.82) is 0 Å². The van der Waals surface area contributed by atoms with Crippen LogP contribution in [0.15, 0.2) is 0 Å². The maximum Gasteiger partial charge on any atom is 0 e. The van der Waals surface area contributed by atoms with Gasteiger partial charge in [0, 0.05) is 22.4 Å². The molecule has 1 nitrogen and oxygen atoms in total. The number of hydrogen-bond donors (Lipinski definition) is 0. The van der Waals surface area contributed by atoms with Crippen LogP contribution in [0, 0.1) is 7.43 Å². The first-order valence-corrected chi connectivity index (χ1v) is 0.704. The summed E-state index contributed by atoms with van der Waals surface area (Å²) in [5, 5.41) is 0. The second-order valence-electron chi connectivity index (χ2n) is 0.204. The van der Waals surface area contributed by atoms with Crippen molar-refractivity contribution in [3.63, 3.8) is 0 Å². The summed E-state index contributed by atoms with van der Waals surface area (Å²) in [4.78, 5) is 8.68.